The molecule has 1 aliphatic carbocycles. The number of rotatable bonds is 4. The van der Waals surface area contributed by atoms with Gasteiger partial charge in [0.2, 0.25) is 0 Å². The molecule has 3 heteroatoms. The fourth-order valence-corrected chi connectivity index (χ4v) is 3.16. The molecule has 0 saturated heterocycles. The Hall–Kier alpha value is -1.35. The maximum Gasteiger partial charge on any atom is 0.123 e. The average molecular weight is 257 g/mol. The molecule has 0 radical (unpaired) electrons. The zero-order valence-corrected chi connectivity index (χ0v) is 11.7. The van der Waals surface area contributed by atoms with Crippen LogP contribution in [0.3, 0.4) is 0 Å². The summed E-state index contributed by atoms with van der Waals surface area (Å²) in [4.78, 5) is 4.77. The highest BCUT2D eigenvalue weighted by molar-refractivity contribution is 5.75. The molecule has 1 aromatic carbocycles. The van der Waals surface area contributed by atoms with Gasteiger partial charge in [-0.15, -0.1) is 0 Å². The predicted molar refractivity (Wildman–Crippen MR) is 79.1 cm³/mol. The number of imidazole rings is 1. The van der Waals surface area contributed by atoms with Gasteiger partial charge in [-0.25, -0.2) is 4.98 Å². The third-order valence-corrected chi connectivity index (χ3v) is 4.20. The molecule has 0 amide bonds. The van der Waals surface area contributed by atoms with Crippen LogP contribution in [0.5, 0.6) is 0 Å². The van der Waals surface area contributed by atoms with Crippen LogP contribution in [0, 0.1) is 0 Å². The van der Waals surface area contributed by atoms with Crippen molar-refractivity contribution in [2.45, 2.75) is 58.2 Å². The van der Waals surface area contributed by atoms with E-state index < -0.39 is 0 Å². The van der Waals surface area contributed by atoms with Crippen LogP contribution in [0.15, 0.2) is 24.3 Å². The molecule has 0 aliphatic heterocycles. The van der Waals surface area contributed by atoms with E-state index in [1.54, 1.807) is 0 Å². The summed E-state index contributed by atoms with van der Waals surface area (Å²) in [6, 6.07) is 9.11. The summed E-state index contributed by atoms with van der Waals surface area (Å²) in [5.41, 5.74) is 2.37. The normalized spacial score (nSPS) is 17.1. The third kappa shape index (κ3) is 2.66. The maximum absolute atomic E-state index is 4.77. The Morgan fingerprint density at radius 2 is 2.00 bits per heavy atom. The first-order valence-corrected chi connectivity index (χ1v) is 7.56. The van der Waals surface area contributed by atoms with E-state index in [1.807, 2.05) is 0 Å². The van der Waals surface area contributed by atoms with Gasteiger partial charge in [0.1, 0.15) is 5.82 Å². The van der Waals surface area contributed by atoms with Gasteiger partial charge in [0.25, 0.3) is 0 Å². The molecule has 0 spiro atoms. The number of fused-ring (bicyclic) bond motifs is 1. The molecule has 2 aromatic rings. The van der Waals surface area contributed by atoms with Gasteiger partial charge >= 0.3 is 0 Å². The van der Waals surface area contributed by atoms with Crippen LogP contribution in [-0.2, 0) is 13.1 Å². The quantitative estimate of drug-likeness (QED) is 0.908. The SMILES string of the molecule is CCn1c(CNC2CCCCC2)nc2ccccc21. The number of hydrogen-bond acceptors (Lipinski definition) is 2. The maximum atomic E-state index is 4.77. The molecular formula is C16H23N3. The summed E-state index contributed by atoms with van der Waals surface area (Å²) in [6.45, 7) is 4.08. The fourth-order valence-electron chi connectivity index (χ4n) is 3.16. The van der Waals surface area contributed by atoms with Crippen LogP contribution in [0.1, 0.15) is 44.9 Å². The lowest BCUT2D eigenvalue weighted by atomic mass is 9.95. The highest BCUT2D eigenvalue weighted by Crippen LogP contribution is 2.19. The Morgan fingerprint density at radius 1 is 1.21 bits per heavy atom. The van der Waals surface area contributed by atoms with E-state index in [0.717, 1.165) is 18.6 Å². The van der Waals surface area contributed by atoms with Crippen LogP contribution in [0.25, 0.3) is 11.0 Å². The lowest BCUT2D eigenvalue weighted by Crippen LogP contribution is -2.31. The highest BCUT2D eigenvalue weighted by Gasteiger charge is 2.14. The summed E-state index contributed by atoms with van der Waals surface area (Å²) >= 11 is 0. The molecular weight excluding hydrogens is 234 g/mol. The Morgan fingerprint density at radius 3 is 2.79 bits per heavy atom. The van der Waals surface area contributed by atoms with E-state index in [-0.39, 0.29) is 0 Å². The Bertz CT molecular complexity index is 538. The summed E-state index contributed by atoms with van der Waals surface area (Å²) in [6.07, 6.45) is 6.81. The van der Waals surface area contributed by atoms with Crippen LogP contribution < -0.4 is 5.32 Å². The molecule has 0 unspecified atom stereocenters. The molecule has 19 heavy (non-hydrogen) atoms. The van der Waals surface area contributed by atoms with Gasteiger partial charge in [-0.3, -0.25) is 0 Å². The van der Waals surface area contributed by atoms with Gasteiger partial charge in [0, 0.05) is 12.6 Å². The second-order valence-corrected chi connectivity index (χ2v) is 5.48. The van der Waals surface area contributed by atoms with Crippen LogP contribution >= 0.6 is 0 Å². The number of nitrogens with one attached hydrogen (secondary N) is 1. The molecule has 0 bridgehead atoms. The minimum atomic E-state index is 0.693. The minimum Gasteiger partial charge on any atom is -0.327 e. The average Bonchev–Trinajstić information content (AvgIpc) is 2.83. The van der Waals surface area contributed by atoms with Crippen molar-refractivity contribution in [2.24, 2.45) is 0 Å². The number of aryl methyl sites for hydroxylation is 1. The number of aromatic nitrogens is 2. The number of para-hydroxylation sites is 2. The molecule has 1 N–H and O–H groups in total. The van der Waals surface area contributed by atoms with E-state index in [9.17, 15) is 0 Å². The first-order valence-electron chi connectivity index (χ1n) is 7.56. The van der Waals surface area contributed by atoms with Crippen molar-refractivity contribution < 1.29 is 0 Å². The molecule has 1 heterocycles. The van der Waals surface area contributed by atoms with Crippen LogP contribution in [0.2, 0.25) is 0 Å². The van der Waals surface area contributed by atoms with E-state index in [0.29, 0.717) is 6.04 Å². The lowest BCUT2D eigenvalue weighted by molar-refractivity contribution is 0.367. The van der Waals surface area contributed by atoms with Crippen molar-refractivity contribution in [1.82, 2.24) is 14.9 Å². The number of hydrogen-bond donors (Lipinski definition) is 1. The van der Waals surface area contributed by atoms with Gasteiger partial charge in [-0.05, 0) is 31.9 Å². The smallest absolute Gasteiger partial charge is 0.123 e. The van der Waals surface area contributed by atoms with Crippen molar-refractivity contribution in [2.75, 3.05) is 0 Å². The van der Waals surface area contributed by atoms with Crippen molar-refractivity contribution in [1.29, 1.82) is 0 Å². The fraction of sp³-hybridized carbons (Fsp3) is 0.562. The molecule has 1 aromatic heterocycles. The predicted octanol–water partition coefficient (Wildman–Crippen LogP) is 3.48. The summed E-state index contributed by atoms with van der Waals surface area (Å²) in [5, 5.41) is 3.69. The molecule has 102 valence electrons. The largest absolute Gasteiger partial charge is 0.327 e. The summed E-state index contributed by atoms with van der Waals surface area (Å²) in [5.74, 6) is 1.18. The second-order valence-electron chi connectivity index (χ2n) is 5.48. The molecule has 3 rings (SSSR count). The number of nitrogens with zero attached hydrogens (tertiary/aromatic N) is 2. The molecule has 1 saturated carbocycles. The van der Waals surface area contributed by atoms with E-state index in [1.165, 1.54) is 43.4 Å². The highest BCUT2D eigenvalue weighted by atomic mass is 15.1. The minimum absolute atomic E-state index is 0.693. The van der Waals surface area contributed by atoms with Gasteiger partial charge in [-0.2, -0.15) is 0 Å². The Balaban J connectivity index is 1.76. The van der Waals surface area contributed by atoms with Gasteiger partial charge in [-0.1, -0.05) is 31.4 Å². The third-order valence-electron chi connectivity index (χ3n) is 4.20. The van der Waals surface area contributed by atoms with Gasteiger partial charge in [0.15, 0.2) is 0 Å². The van der Waals surface area contributed by atoms with Crippen LogP contribution in [0.4, 0.5) is 0 Å². The number of benzene rings is 1. The monoisotopic (exact) mass is 257 g/mol. The lowest BCUT2D eigenvalue weighted by Gasteiger charge is -2.22. The van der Waals surface area contributed by atoms with Crippen LogP contribution in [-0.4, -0.2) is 15.6 Å². The standard InChI is InChI=1S/C16H23N3/c1-2-19-15-11-7-6-10-14(15)18-16(19)12-17-13-8-4-3-5-9-13/h6-7,10-11,13,17H,2-5,8-9,12H2,1H3. The Labute approximate surface area is 115 Å². The van der Waals surface area contributed by atoms with E-state index in [4.69, 9.17) is 4.98 Å². The van der Waals surface area contributed by atoms with E-state index >= 15 is 0 Å². The first-order chi connectivity index (χ1) is 9.38. The van der Waals surface area contributed by atoms with Gasteiger partial charge in [0.05, 0.1) is 17.6 Å². The van der Waals surface area contributed by atoms with Crippen molar-refractivity contribution in [3.8, 4) is 0 Å². The zero-order valence-electron chi connectivity index (χ0n) is 11.7. The Kier molecular flexibility index (Phi) is 3.83. The molecule has 0 atom stereocenters. The summed E-state index contributed by atoms with van der Waals surface area (Å²) < 4.78 is 2.32. The van der Waals surface area contributed by atoms with Crippen molar-refractivity contribution in [3.05, 3.63) is 30.1 Å². The first kappa shape index (κ1) is 12.7. The zero-order chi connectivity index (χ0) is 13.1. The molecule has 1 fully saturated rings. The van der Waals surface area contributed by atoms with Crippen molar-refractivity contribution >= 4 is 11.0 Å². The molecule has 3 nitrogen and oxygen atoms in total. The topological polar surface area (TPSA) is 29.9 Å². The second kappa shape index (κ2) is 5.74. The van der Waals surface area contributed by atoms with Crippen molar-refractivity contribution in [3.63, 3.8) is 0 Å². The molecule has 1 aliphatic rings. The van der Waals surface area contributed by atoms with E-state index in [2.05, 4.69) is 41.1 Å². The van der Waals surface area contributed by atoms with Gasteiger partial charge < -0.3 is 9.88 Å². The summed E-state index contributed by atoms with van der Waals surface area (Å²) in [7, 11) is 0.